The first-order chi connectivity index (χ1) is 13.9. The van der Waals surface area contributed by atoms with Gasteiger partial charge in [0.25, 0.3) is 0 Å². The van der Waals surface area contributed by atoms with Gasteiger partial charge in [-0.25, -0.2) is 0 Å². The number of rotatable bonds is 0. The largest absolute Gasteiger partial charge is 0.0620 e. The van der Waals surface area contributed by atoms with Crippen molar-refractivity contribution in [3.05, 3.63) is 131 Å². The lowest BCUT2D eigenvalue weighted by Gasteiger charge is -2.18. The van der Waals surface area contributed by atoms with Gasteiger partial charge in [0.15, 0.2) is 0 Å². The van der Waals surface area contributed by atoms with E-state index >= 15 is 0 Å². The minimum atomic E-state index is 1.10. The van der Waals surface area contributed by atoms with E-state index in [0.717, 1.165) is 12.8 Å². The third-order valence-electron chi connectivity index (χ3n) is 5.61. The second kappa shape index (κ2) is 7.32. The Labute approximate surface area is 166 Å². The maximum Gasteiger partial charge on any atom is -0.00201 e. The number of benzene rings is 5. The van der Waals surface area contributed by atoms with Gasteiger partial charge in [-0.3, -0.25) is 0 Å². The van der Waals surface area contributed by atoms with Crippen molar-refractivity contribution in [3.63, 3.8) is 0 Å². The summed E-state index contributed by atoms with van der Waals surface area (Å²) in [6.07, 6.45) is 2.21. The van der Waals surface area contributed by atoms with Crippen LogP contribution in [0.3, 0.4) is 0 Å². The van der Waals surface area contributed by atoms with Gasteiger partial charge in [0.1, 0.15) is 0 Å². The topological polar surface area (TPSA) is 0 Å². The van der Waals surface area contributed by atoms with Crippen LogP contribution < -0.4 is 0 Å². The predicted molar refractivity (Wildman–Crippen MR) is 120 cm³/mol. The maximum atomic E-state index is 2.24. The van der Waals surface area contributed by atoms with E-state index in [2.05, 4.69) is 109 Å². The molecule has 0 saturated carbocycles. The number of hydrogen-bond donors (Lipinski definition) is 0. The van der Waals surface area contributed by atoms with E-state index < -0.39 is 0 Å². The minimum Gasteiger partial charge on any atom is -0.0620 e. The molecular weight excluding hydrogens is 336 g/mol. The predicted octanol–water partition coefficient (Wildman–Crippen LogP) is 7.17. The summed E-state index contributed by atoms with van der Waals surface area (Å²) in [6.45, 7) is 0. The average Bonchev–Trinajstić information content (AvgIpc) is 2.76. The van der Waals surface area contributed by atoms with Crippen molar-refractivity contribution in [1.29, 1.82) is 0 Å². The van der Waals surface area contributed by atoms with E-state index in [9.17, 15) is 0 Å². The van der Waals surface area contributed by atoms with Crippen molar-refractivity contribution in [2.45, 2.75) is 12.8 Å². The number of fused-ring (bicyclic) bond motifs is 4. The van der Waals surface area contributed by atoms with Crippen molar-refractivity contribution in [2.75, 3.05) is 0 Å². The molecule has 0 unspecified atom stereocenters. The van der Waals surface area contributed by atoms with Crippen molar-refractivity contribution in [1.82, 2.24) is 0 Å². The molecule has 1 aliphatic rings. The summed E-state index contributed by atoms with van der Waals surface area (Å²) in [4.78, 5) is 0. The SMILES string of the molecule is c1ccc2c(c1)Cc1ccccc1C2.c1ccc2cc3ccccc3cc2c1. The van der Waals surface area contributed by atoms with Crippen LogP contribution in [-0.2, 0) is 12.8 Å². The Morgan fingerprint density at radius 3 is 0.857 bits per heavy atom. The molecular formula is C28H22. The first-order valence-corrected chi connectivity index (χ1v) is 9.88. The molecule has 5 aromatic rings. The standard InChI is InChI=1S/C14H12.C14H10/c2*1-2-6-12-10-14-8-4-3-7-13(14)9-11(12)5-1/h1-8H,9-10H2;1-10H. The van der Waals surface area contributed by atoms with E-state index in [4.69, 9.17) is 0 Å². The van der Waals surface area contributed by atoms with E-state index in [1.807, 2.05) is 0 Å². The Morgan fingerprint density at radius 2 is 0.571 bits per heavy atom. The summed E-state index contributed by atoms with van der Waals surface area (Å²) in [5.74, 6) is 0. The van der Waals surface area contributed by atoms with E-state index in [0.29, 0.717) is 0 Å². The Hall–Kier alpha value is -3.38. The molecule has 0 spiro atoms. The van der Waals surface area contributed by atoms with Crippen LogP contribution in [0.2, 0.25) is 0 Å². The second-order valence-electron chi connectivity index (χ2n) is 7.44. The van der Waals surface area contributed by atoms with E-state index in [1.165, 1.54) is 43.8 Å². The van der Waals surface area contributed by atoms with Gasteiger partial charge in [0.2, 0.25) is 0 Å². The molecule has 28 heavy (non-hydrogen) atoms. The highest BCUT2D eigenvalue weighted by molar-refractivity contribution is 5.98. The van der Waals surface area contributed by atoms with Gasteiger partial charge >= 0.3 is 0 Å². The van der Waals surface area contributed by atoms with Crippen LogP contribution in [-0.4, -0.2) is 0 Å². The first kappa shape index (κ1) is 16.8. The Morgan fingerprint density at radius 1 is 0.321 bits per heavy atom. The highest BCUT2D eigenvalue weighted by Crippen LogP contribution is 2.26. The van der Waals surface area contributed by atoms with Crippen molar-refractivity contribution in [3.8, 4) is 0 Å². The van der Waals surface area contributed by atoms with Crippen molar-refractivity contribution < 1.29 is 0 Å². The fourth-order valence-electron chi connectivity index (χ4n) is 4.10. The molecule has 0 saturated heterocycles. The zero-order chi connectivity index (χ0) is 18.8. The molecule has 0 N–H and O–H groups in total. The zero-order valence-corrected chi connectivity index (χ0v) is 15.8. The molecule has 0 bridgehead atoms. The Balaban J connectivity index is 0.000000122. The molecule has 0 heterocycles. The van der Waals surface area contributed by atoms with Gasteiger partial charge in [0, 0.05) is 0 Å². The van der Waals surface area contributed by atoms with Gasteiger partial charge in [0.05, 0.1) is 0 Å². The van der Waals surface area contributed by atoms with Gasteiger partial charge in [-0.2, -0.15) is 0 Å². The first-order valence-electron chi connectivity index (χ1n) is 9.88. The van der Waals surface area contributed by atoms with Crippen LogP contribution in [0.25, 0.3) is 21.5 Å². The van der Waals surface area contributed by atoms with Gasteiger partial charge in [-0.1, -0.05) is 97.1 Å². The minimum absolute atomic E-state index is 1.10. The van der Waals surface area contributed by atoms with Crippen molar-refractivity contribution >= 4 is 21.5 Å². The summed E-state index contributed by atoms with van der Waals surface area (Å²) in [7, 11) is 0. The molecule has 0 fully saturated rings. The summed E-state index contributed by atoms with van der Waals surface area (Å²) in [6, 6.07) is 38.9. The zero-order valence-electron chi connectivity index (χ0n) is 15.8. The Kier molecular flexibility index (Phi) is 4.39. The third-order valence-corrected chi connectivity index (χ3v) is 5.61. The summed E-state index contributed by atoms with van der Waals surface area (Å²) < 4.78 is 0. The van der Waals surface area contributed by atoms with Crippen LogP contribution in [0.4, 0.5) is 0 Å². The smallest absolute Gasteiger partial charge is 0.00201 e. The lowest BCUT2D eigenvalue weighted by Crippen LogP contribution is -2.06. The molecule has 0 radical (unpaired) electrons. The lowest BCUT2D eigenvalue weighted by molar-refractivity contribution is 1.00. The normalized spacial score (nSPS) is 12.0. The van der Waals surface area contributed by atoms with Crippen LogP contribution in [0, 0.1) is 0 Å². The van der Waals surface area contributed by atoms with Crippen LogP contribution in [0.5, 0.6) is 0 Å². The monoisotopic (exact) mass is 358 g/mol. The van der Waals surface area contributed by atoms with Gasteiger partial charge < -0.3 is 0 Å². The van der Waals surface area contributed by atoms with Crippen molar-refractivity contribution in [2.24, 2.45) is 0 Å². The molecule has 0 aliphatic heterocycles. The van der Waals surface area contributed by atoms with Crippen LogP contribution in [0.15, 0.2) is 109 Å². The number of hydrogen-bond acceptors (Lipinski definition) is 0. The average molecular weight is 358 g/mol. The molecule has 134 valence electrons. The molecule has 5 aromatic carbocycles. The van der Waals surface area contributed by atoms with E-state index in [1.54, 1.807) is 0 Å². The van der Waals surface area contributed by atoms with E-state index in [-0.39, 0.29) is 0 Å². The summed E-state index contributed by atoms with van der Waals surface area (Å²) >= 11 is 0. The van der Waals surface area contributed by atoms with Gasteiger partial charge in [-0.05, 0) is 68.8 Å². The fraction of sp³-hybridized carbons (Fsp3) is 0.0714. The molecule has 0 heteroatoms. The molecule has 6 rings (SSSR count). The summed E-state index contributed by atoms with van der Waals surface area (Å²) in [5.41, 5.74) is 5.97. The second-order valence-corrected chi connectivity index (χ2v) is 7.44. The highest BCUT2D eigenvalue weighted by atomic mass is 14.2. The summed E-state index contributed by atoms with van der Waals surface area (Å²) in [5, 5.41) is 5.25. The molecule has 0 nitrogen and oxygen atoms in total. The fourth-order valence-corrected chi connectivity index (χ4v) is 4.10. The molecule has 0 amide bonds. The quantitative estimate of drug-likeness (QED) is 0.252. The molecule has 0 atom stereocenters. The third kappa shape index (κ3) is 3.30. The molecule has 1 aliphatic carbocycles. The Bertz CT molecular complexity index is 1070. The van der Waals surface area contributed by atoms with Crippen LogP contribution >= 0.6 is 0 Å². The molecule has 0 aromatic heterocycles. The van der Waals surface area contributed by atoms with Crippen LogP contribution in [0.1, 0.15) is 22.3 Å². The highest BCUT2D eigenvalue weighted by Gasteiger charge is 2.13. The lowest BCUT2D eigenvalue weighted by atomic mass is 9.86. The maximum absolute atomic E-state index is 2.24. The van der Waals surface area contributed by atoms with Gasteiger partial charge in [-0.15, -0.1) is 0 Å².